The maximum absolute atomic E-state index is 13.0. The van der Waals surface area contributed by atoms with Gasteiger partial charge in [-0.3, -0.25) is 9.69 Å². The summed E-state index contributed by atoms with van der Waals surface area (Å²) in [5.74, 6) is 7.98. The third-order valence-electron chi connectivity index (χ3n) is 6.65. The van der Waals surface area contributed by atoms with E-state index >= 15 is 0 Å². The smallest absolute Gasteiger partial charge is 0.373 e. The summed E-state index contributed by atoms with van der Waals surface area (Å²) < 4.78 is 39.1. The number of anilines is 1. The predicted octanol–water partition coefficient (Wildman–Crippen LogP) is 5.65. The third-order valence-corrected chi connectivity index (χ3v) is 6.65. The van der Waals surface area contributed by atoms with Crippen LogP contribution in [0.5, 0.6) is 0 Å². The van der Waals surface area contributed by atoms with Gasteiger partial charge in [-0.15, -0.1) is 0 Å². The molecule has 4 heterocycles. The molecule has 1 aliphatic rings. The van der Waals surface area contributed by atoms with Gasteiger partial charge in [0.05, 0.1) is 11.1 Å². The van der Waals surface area contributed by atoms with E-state index < -0.39 is 11.7 Å². The summed E-state index contributed by atoms with van der Waals surface area (Å²) in [6, 6.07) is 9.54. The highest BCUT2D eigenvalue weighted by Gasteiger charge is 2.34. The number of halogens is 3. The molecule has 0 unspecified atom stereocenters. The lowest BCUT2D eigenvalue weighted by Gasteiger charge is -2.32. The first-order chi connectivity index (χ1) is 20.7. The van der Waals surface area contributed by atoms with Crippen molar-refractivity contribution in [2.75, 3.05) is 45.6 Å². The molecule has 0 atom stereocenters. The lowest BCUT2D eigenvalue weighted by Crippen LogP contribution is -2.44. The number of benzene rings is 1. The molecule has 11 heteroatoms. The minimum atomic E-state index is -4.43. The molecule has 1 aromatic carbocycles. The first-order valence-electron chi connectivity index (χ1n) is 14.2. The molecule has 43 heavy (non-hydrogen) atoms. The summed E-state index contributed by atoms with van der Waals surface area (Å²) in [5, 5.41) is 2.99. The van der Waals surface area contributed by atoms with Crippen molar-refractivity contribution in [1.29, 1.82) is 0 Å². The molecule has 0 saturated carbocycles. The van der Waals surface area contributed by atoms with Gasteiger partial charge < -0.3 is 15.2 Å². The van der Waals surface area contributed by atoms with Gasteiger partial charge >= 0.3 is 6.18 Å². The van der Waals surface area contributed by atoms with E-state index in [1.807, 2.05) is 51.0 Å². The van der Waals surface area contributed by atoms with Crippen LogP contribution in [-0.4, -0.2) is 76.3 Å². The largest absolute Gasteiger partial charge is 0.416 e. The second-order valence-corrected chi connectivity index (χ2v) is 9.67. The van der Waals surface area contributed by atoms with Gasteiger partial charge in [-0.1, -0.05) is 44.7 Å². The van der Waals surface area contributed by atoms with Crippen LogP contribution in [0.25, 0.3) is 11.2 Å². The molecular formula is C32H38F3N7O. The Balaban J connectivity index is 0.000000223. The van der Waals surface area contributed by atoms with Gasteiger partial charge in [0.2, 0.25) is 0 Å². The number of aromatic nitrogens is 4. The number of imidazole rings is 1. The molecular weight excluding hydrogens is 555 g/mol. The molecule has 2 N–H and O–H groups in total. The van der Waals surface area contributed by atoms with Crippen molar-refractivity contribution in [3.05, 3.63) is 82.4 Å². The van der Waals surface area contributed by atoms with E-state index in [0.29, 0.717) is 6.29 Å². The number of fused-ring (bicyclic) bond motifs is 1. The van der Waals surface area contributed by atoms with Gasteiger partial charge in [0.25, 0.3) is 0 Å². The van der Waals surface area contributed by atoms with Crippen LogP contribution in [0.4, 0.5) is 19.0 Å². The van der Waals surface area contributed by atoms with Gasteiger partial charge in [-0.05, 0) is 36.9 Å². The van der Waals surface area contributed by atoms with Gasteiger partial charge in [0, 0.05) is 75.3 Å². The number of nitrogens with one attached hydrogen (secondary N) is 2. The lowest BCUT2D eigenvalue weighted by atomic mass is 10.0. The molecule has 8 nitrogen and oxygen atoms in total. The molecule has 0 bridgehead atoms. The zero-order chi connectivity index (χ0) is 31.4. The van der Waals surface area contributed by atoms with Crippen LogP contribution in [-0.2, 0) is 19.1 Å². The minimum absolute atomic E-state index is 0.0550. The Bertz CT molecular complexity index is 1550. The zero-order valence-electron chi connectivity index (χ0n) is 25.2. The Hall–Kier alpha value is -4.27. The van der Waals surface area contributed by atoms with Gasteiger partial charge in [0.1, 0.15) is 17.9 Å². The number of likely N-dealkylation sites (N-methyl/N-ethyl adjacent to an activating group) is 1. The topological polar surface area (TPSA) is 90.0 Å². The van der Waals surface area contributed by atoms with Crippen molar-refractivity contribution in [2.24, 2.45) is 0 Å². The Morgan fingerprint density at radius 1 is 1.02 bits per heavy atom. The number of carbonyl (C=O) groups is 1. The quantitative estimate of drug-likeness (QED) is 0.228. The van der Waals surface area contributed by atoms with Crippen molar-refractivity contribution in [2.45, 2.75) is 39.9 Å². The number of nitrogens with zero attached hydrogens (tertiary/aromatic N) is 5. The first kappa shape index (κ1) is 33.2. The van der Waals surface area contributed by atoms with E-state index in [2.05, 4.69) is 48.9 Å². The summed E-state index contributed by atoms with van der Waals surface area (Å²) in [5.41, 5.74) is 3.00. The minimum Gasteiger partial charge on any atom is -0.373 e. The monoisotopic (exact) mass is 593 g/mol. The number of pyridine rings is 2. The fraction of sp³-hybridized carbons (Fsp3) is 0.375. The molecule has 228 valence electrons. The van der Waals surface area contributed by atoms with Crippen LogP contribution in [0.2, 0.25) is 0 Å². The lowest BCUT2D eigenvalue weighted by molar-refractivity contribution is -0.138. The van der Waals surface area contributed by atoms with Gasteiger partial charge in [0.15, 0.2) is 5.65 Å². The number of aryl methyl sites for hydroxylation is 1. The van der Waals surface area contributed by atoms with Crippen LogP contribution in [0, 0.1) is 11.8 Å². The number of aldehydes is 1. The number of alkyl halides is 3. The Kier molecular flexibility index (Phi) is 12.2. The molecule has 0 aliphatic carbocycles. The number of rotatable bonds is 5. The fourth-order valence-electron chi connectivity index (χ4n) is 4.29. The predicted molar refractivity (Wildman–Crippen MR) is 164 cm³/mol. The maximum atomic E-state index is 13.0. The van der Waals surface area contributed by atoms with E-state index in [9.17, 15) is 18.0 Å². The van der Waals surface area contributed by atoms with Crippen molar-refractivity contribution in [3.63, 3.8) is 0 Å². The van der Waals surface area contributed by atoms with Crippen molar-refractivity contribution < 1.29 is 18.0 Å². The van der Waals surface area contributed by atoms with Crippen LogP contribution in [0.15, 0.2) is 48.8 Å². The Morgan fingerprint density at radius 2 is 1.74 bits per heavy atom. The normalized spacial score (nSPS) is 13.6. The van der Waals surface area contributed by atoms with E-state index in [0.717, 1.165) is 72.6 Å². The van der Waals surface area contributed by atoms with Crippen LogP contribution in [0.3, 0.4) is 0 Å². The molecule has 5 rings (SSSR count). The van der Waals surface area contributed by atoms with Crippen molar-refractivity contribution >= 4 is 23.3 Å². The standard InChI is InChI=1S/C16H15N5.C14H17F3N2O.C2H6/c1-3-14-20-13-8-12(10-19-16(13)21-14)5-4-11-6-7-18-15(9-11)17-2;1-18-4-6-19(7-5-18)9-12-3-2-11(10-20)8-13(12)14(15,16)17;1-2/h6-10H,3H2,1-2H3,(H,17,18)(H,19,20,21);2-3,8,10H,4-7,9H2,1H3;1-2H3. The molecule has 0 spiro atoms. The number of aromatic amines is 1. The average Bonchev–Trinajstić information content (AvgIpc) is 3.45. The maximum Gasteiger partial charge on any atom is 0.416 e. The number of piperazine rings is 1. The van der Waals surface area contributed by atoms with Gasteiger partial charge in [-0.25, -0.2) is 15.0 Å². The molecule has 1 aliphatic heterocycles. The number of hydrogen-bond donors (Lipinski definition) is 2. The van der Waals surface area contributed by atoms with Crippen molar-refractivity contribution in [3.8, 4) is 11.8 Å². The summed E-state index contributed by atoms with van der Waals surface area (Å²) in [4.78, 5) is 30.9. The number of carbonyl (C=O) groups excluding carboxylic acids is 1. The summed E-state index contributed by atoms with van der Waals surface area (Å²) in [6.07, 6.45) is 0.354. The highest BCUT2D eigenvalue weighted by Crippen LogP contribution is 2.33. The average molecular weight is 594 g/mol. The summed E-state index contributed by atoms with van der Waals surface area (Å²) >= 11 is 0. The van der Waals surface area contributed by atoms with E-state index in [1.165, 1.54) is 12.1 Å². The van der Waals surface area contributed by atoms with E-state index in [4.69, 9.17) is 0 Å². The molecule has 4 aromatic rings. The van der Waals surface area contributed by atoms with E-state index in [1.54, 1.807) is 12.4 Å². The van der Waals surface area contributed by atoms with E-state index in [-0.39, 0.29) is 17.7 Å². The Morgan fingerprint density at radius 3 is 2.40 bits per heavy atom. The van der Waals surface area contributed by atoms with Gasteiger partial charge in [-0.2, -0.15) is 13.2 Å². The number of hydrogen-bond acceptors (Lipinski definition) is 7. The van der Waals surface area contributed by atoms with Crippen LogP contribution >= 0.6 is 0 Å². The number of H-pyrrole nitrogens is 1. The SMILES string of the molecule is CC.CCc1nc2ncc(C#Cc3ccnc(NC)c3)cc2[nH]1.CN1CCN(Cc2ccc(C=O)cc2C(F)(F)F)CC1. The van der Waals surface area contributed by atoms with Crippen molar-refractivity contribution in [1.82, 2.24) is 29.7 Å². The Labute approximate surface area is 250 Å². The van der Waals surface area contributed by atoms with Crippen LogP contribution in [0.1, 0.15) is 59.2 Å². The molecule has 0 amide bonds. The van der Waals surface area contributed by atoms with Crippen LogP contribution < -0.4 is 5.32 Å². The highest BCUT2D eigenvalue weighted by molar-refractivity contribution is 5.75. The fourth-order valence-corrected chi connectivity index (χ4v) is 4.29. The summed E-state index contributed by atoms with van der Waals surface area (Å²) in [6.45, 7) is 9.54. The highest BCUT2D eigenvalue weighted by atomic mass is 19.4. The second-order valence-electron chi connectivity index (χ2n) is 9.67. The molecule has 1 saturated heterocycles. The molecule has 3 aromatic heterocycles. The molecule has 1 fully saturated rings. The third kappa shape index (κ3) is 9.63. The zero-order valence-corrected chi connectivity index (χ0v) is 25.2. The molecule has 0 radical (unpaired) electrons. The first-order valence-corrected chi connectivity index (χ1v) is 14.2. The summed E-state index contributed by atoms with van der Waals surface area (Å²) in [7, 11) is 3.83. The second kappa shape index (κ2) is 15.8.